The number of nitrogens with zero attached hydrogens (tertiary/aromatic N) is 1. The fourth-order valence-electron chi connectivity index (χ4n) is 2.85. The lowest BCUT2D eigenvalue weighted by Crippen LogP contribution is -2.18. The van der Waals surface area contributed by atoms with Gasteiger partial charge in [0.1, 0.15) is 5.75 Å². The number of esters is 1. The van der Waals surface area contributed by atoms with Gasteiger partial charge in [0.15, 0.2) is 11.5 Å². The minimum absolute atomic E-state index is 0.309. The number of ether oxygens (including phenoxy) is 3. The molecule has 0 radical (unpaired) electrons. The second-order valence-corrected chi connectivity index (χ2v) is 7.63. The van der Waals surface area contributed by atoms with Crippen LogP contribution in [0.5, 0.6) is 17.2 Å². The van der Waals surface area contributed by atoms with Crippen LogP contribution in [-0.2, 0) is 0 Å². The van der Waals surface area contributed by atoms with Gasteiger partial charge in [0.25, 0.3) is 5.91 Å². The van der Waals surface area contributed by atoms with Crippen LogP contribution in [0.2, 0.25) is 0 Å². The van der Waals surface area contributed by atoms with Gasteiger partial charge in [-0.05, 0) is 55.5 Å². The second kappa shape index (κ2) is 10.6. The van der Waals surface area contributed by atoms with Crippen molar-refractivity contribution in [3.63, 3.8) is 0 Å². The van der Waals surface area contributed by atoms with E-state index >= 15 is 0 Å². The molecule has 0 saturated carbocycles. The summed E-state index contributed by atoms with van der Waals surface area (Å²) in [6.45, 7) is 1.90. The van der Waals surface area contributed by atoms with Gasteiger partial charge < -0.3 is 14.2 Å². The average Bonchev–Trinajstić information content (AvgIpc) is 2.80. The molecule has 3 aromatic carbocycles. The summed E-state index contributed by atoms with van der Waals surface area (Å²) in [6, 6.07) is 17.0. The fourth-order valence-corrected chi connectivity index (χ4v) is 3.23. The van der Waals surface area contributed by atoms with Crippen LogP contribution in [0.4, 0.5) is 0 Å². The van der Waals surface area contributed by atoms with Crippen LogP contribution in [0.25, 0.3) is 0 Å². The lowest BCUT2D eigenvalue weighted by atomic mass is 10.1. The Hall–Kier alpha value is -3.65. The number of hydrogen-bond acceptors (Lipinski definition) is 6. The first-order valence-corrected chi connectivity index (χ1v) is 10.3. The number of hydrogen-bond donors (Lipinski definition) is 1. The van der Waals surface area contributed by atoms with Crippen molar-refractivity contribution in [2.75, 3.05) is 14.2 Å². The lowest BCUT2D eigenvalue weighted by molar-refractivity contribution is 0.0734. The Kier molecular flexibility index (Phi) is 7.62. The van der Waals surface area contributed by atoms with Gasteiger partial charge in [-0.3, -0.25) is 4.79 Å². The molecule has 164 valence electrons. The summed E-state index contributed by atoms with van der Waals surface area (Å²) in [5.41, 5.74) is 4.70. The lowest BCUT2D eigenvalue weighted by Gasteiger charge is -2.09. The third-order valence-electron chi connectivity index (χ3n) is 4.44. The molecule has 7 nitrogen and oxygen atoms in total. The standard InChI is InChI=1S/C24H21BrN2O5/c1-15-5-4-6-17(11-15)24(29)32-20-10-8-19(25)12-18(20)14-26-27-23(28)16-7-9-21(30-2)22(13-16)31-3/h4-14H,1-3H3,(H,27,28). The molecule has 1 N–H and O–H groups in total. The molecule has 0 aliphatic heterocycles. The van der Waals surface area contributed by atoms with Crippen molar-refractivity contribution in [2.24, 2.45) is 5.10 Å². The predicted octanol–water partition coefficient (Wildman–Crippen LogP) is 4.76. The van der Waals surface area contributed by atoms with Gasteiger partial charge in [-0.1, -0.05) is 33.6 Å². The molecule has 32 heavy (non-hydrogen) atoms. The minimum Gasteiger partial charge on any atom is -0.493 e. The highest BCUT2D eigenvalue weighted by atomic mass is 79.9. The van der Waals surface area contributed by atoms with Gasteiger partial charge in [-0.15, -0.1) is 0 Å². The SMILES string of the molecule is COc1ccc(C(=O)NN=Cc2cc(Br)ccc2OC(=O)c2cccc(C)c2)cc1OC. The van der Waals surface area contributed by atoms with Crippen LogP contribution in [0.3, 0.4) is 0 Å². The van der Waals surface area contributed by atoms with Gasteiger partial charge in [0, 0.05) is 15.6 Å². The largest absolute Gasteiger partial charge is 0.493 e. The summed E-state index contributed by atoms with van der Waals surface area (Å²) in [4.78, 5) is 24.9. The number of rotatable bonds is 7. The summed E-state index contributed by atoms with van der Waals surface area (Å²) < 4.78 is 16.7. The molecular weight excluding hydrogens is 476 g/mol. The third-order valence-corrected chi connectivity index (χ3v) is 4.94. The molecule has 0 aromatic heterocycles. The van der Waals surface area contributed by atoms with E-state index in [1.807, 2.05) is 13.0 Å². The number of hydrazone groups is 1. The molecule has 3 aromatic rings. The van der Waals surface area contributed by atoms with Crippen molar-refractivity contribution < 1.29 is 23.8 Å². The Morgan fingerprint density at radius 2 is 1.66 bits per heavy atom. The van der Waals surface area contributed by atoms with Crippen LogP contribution < -0.4 is 19.6 Å². The average molecular weight is 497 g/mol. The normalized spacial score (nSPS) is 10.6. The van der Waals surface area contributed by atoms with E-state index in [1.165, 1.54) is 20.4 Å². The molecule has 0 aliphatic carbocycles. The molecule has 3 rings (SSSR count). The summed E-state index contributed by atoms with van der Waals surface area (Å²) >= 11 is 3.39. The molecular formula is C24H21BrN2O5. The van der Waals surface area contributed by atoms with E-state index in [4.69, 9.17) is 14.2 Å². The van der Waals surface area contributed by atoms with Gasteiger partial charge in [-0.2, -0.15) is 5.10 Å². The highest BCUT2D eigenvalue weighted by Gasteiger charge is 2.13. The monoisotopic (exact) mass is 496 g/mol. The summed E-state index contributed by atoms with van der Waals surface area (Å²) in [7, 11) is 3.01. The van der Waals surface area contributed by atoms with Crippen molar-refractivity contribution in [3.05, 3.63) is 87.4 Å². The molecule has 0 spiro atoms. The Labute approximate surface area is 194 Å². The molecule has 0 aliphatic rings. The number of nitrogens with one attached hydrogen (secondary N) is 1. The molecule has 8 heteroatoms. The Morgan fingerprint density at radius 1 is 0.906 bits per heavy atom. The quantitative estimate of drug-likeness (QED) is 0.220. The van der Waals surface area contributed by atoms with E-state index in [0.717, 1.165) is 10.0 Å². The second-order valence-electron chi connectivity index (χ2n) is 6.71. The van der Waals surface area contributed by atoms with E-state index < -0.39 is 11.9 Å². The zero-order valence-electron chi connectivity index (χ0n) is 17.7. The molecule has 0 saturated heterocycles. The molecule has 0 atom stereocenters. The minimum atomic E-state index is -0.486. The highest BCUT2D eigenvalue weighted by Crippen LogP contribution is 2.27. The van der Waals surface area contributed by atoms with E-state index in [0.29, 0.717) is 33.9 Å². The first-order valence-electron chi connectivity index (χ1n) is 9.55. The smallest absolute Gasteiger partial charge is 0.343 e. The highest BCUT2D eigenvalue weighted by molar-refractivity contribution is 9.10. The first kappa shape index (κ1) is 23.0. The number of carbonyl (C=O) groups excluding carboxylic acids is 2. The van der Waals surface area contributed by atoms with Crippen LogP contribution >= 0.6 is 15.9 Å². The van der Waals surface area contributed by atoms with Crippen LogP contribution in [0.1, 0.15) is 31.8 Å². The number of amides is 1. The first-order chi connectivity index (χ1) is 15.4. The molecule has 1 amide bonds. The van der Waals surface area contributed by atoms with Crippen LogP contribution in [-0.4, -0.2) is 32.3 Å². The Morgan fingerprint density at radius 3 is 2.38 bits per heavy atom. The number of halogens is 1. The van der Waals surface area contributed by atoms with E-state index in [1.54, 1.807) is 54.6 Å². The molecule has 0 unspecified atom stereocenters. The predicted molar refractivity (Wildman–Crippen MR) is 125 cm³/mol. The molecule has 0 fully saturated rings. The van der Waals surface area contributed by atoms with Crippen molar-refractivity contribution in [1.29, 1.82) is 0 Å². The summed E-state index contributed by atoms with van der Waals surface area (Å²) in [6.07, 6.45) is 1.41. The number of benzene rings is 3. The van der Waals surface area contributed by atoms with Gasteiger partial charge >= 0.3 is 5.97 Å². The third kappa shape index (κ3) is 5.73. The van der Waals surface area contributed by atoms with E-state index in [9.17, 15) is 9.59 Å². The maximum absolute atomic E-state index is 12.5. The number of methoxy groups -OCH3 is 2. The van der Waals surface area contributed by atoms with Crippen molar-refractivity contribution in [2.45, 2.75) is 6.92 Å². The topological polar surface area (TPSA) is 86.2 Å². The molecule has 0 bridgehead atoms. The van der Waals surface area contributed by atoms with Gasteiger partial charge in [0.05, 0.1) is 26.0 Å². The molecule has 0 heterocycles. The Bertz CT molecular complexity index is 1180. The zero-order valence-corrected chi connectivity index (χ0v) is 19.3. The van der Waals surface area contributed by atoms with Crippen LogP contribution in [0, 0.1) is 6.92 Å². The fraction of sp³-hybridized carbons (Fsp3) is 0.125. The van der Waals surface area contributed by atoms with Gasteiger partial charge in [0.2, 0.25) is 0 Å². The van der Waals surface area contributed by atoms with Gasteiger partial charge in [-0.25, -0.2) is 10.2 Å². The van der Waals surface area contributed by atoms with E-state index in [-0.39, 0.29) is 0 Å². The number of aryl methyl sites for hydroxylation is 1. The van der Waals surface area contributed by atoms with Crippen molar-refractivity contribution >= 4 is 34.0 Å². The zero-order chi connectivity index (χ0) is 23.1. The maximum Gasteiger partial charge on any atom is 0.343 e. The summed E-state index contributed by atoms with van der Waals surface area (Å²) in [5.74, 6) is 0.336. The maximum atomic E-state index is 12.5. The Balaban J connectivity index is 1.75. The van der Waals surface area contributed by atoms with Crippen molar-refractivity contribution in [3.8, 4) is 17.2 Å². The van der Waals surface area contributed by atoms with Crippen molar-refractivity contribution in [1.82, 2.24) is 5.43 Å². The summed E-state index contributed by atoms with van der Waals surface area (Å²) in [5, 5.41) is 4.00. The number of carbonyl (C=O) groups is 2. The van der Waals surface area contributed by atoms with E-state index in [2.05, 4.69) is 26.5 Å². The van der Waals surface area contributed by atoms with Crippen LogP contribution in [0.15, 0.2) is 70.2 Å².